The van der Waals surface area contributed by atoms with E-state index >= 15 is 0 Å². The normalized spacial score (nSPS) is 10.8. The number of amides is 1. The first-order chi connectivity index (χ1) is 15.0. The molecular formula is C21H16Cl3N5O2. The molecule has 4 aromatic rings. The van der Waals surface area contributed by atoms with Gasteiger partial charge in [0.2, 0.25) is 0 Å². The van der Waals surface area contributed by atoms with Gasteiger partial charge in [-0.05, 0) is 35.9 Å². The van der Waals surface area contributed by atoms with E-state index in [1.807, 2.05) is 24.3 Å². The van der Waals surface area contributed by atoms with Gasteiger partial charge in [-0.3, -0.25) is 9.48 Å². The highest BCUT2D eigenvalue weighted by Crippen LogP contribution is 2.31. The molecule has 10 heteroatoms. The second kappa shape index (κ2) is 9.43. The van der Waals surface area contributed by atoms with Gasteiger partial charge in [-0.2, -0.15) is 10.2 Å². The van der Waals surface area contributed by atoms with Crippen molar-refractivity contribution in [3.8, 4) is 5.75 Å². The zero-order valence-corrected chi connectivity index (χ0v) is 18.3. The fourth-order valence-electron chi connectivity index (χ4n) is 2.76. The summed E-state index contributed by atoms with van der Waals surface area (Å²) >= 11 is 18.0. The van der Waals surface area contributed by atoms with Gasteiger partial charge in [0, 0.05) is 23.5 Å². The van der Waals surface area contributed by atoms with Crippen LogP contribution in [-0.2, 0) is 13.3 Å². The molecule has 4 rings (SSSR count). The van der Waals surface area contributed by atoms with Crippen LogP contribution in [0.1, 0.15) is 16.1 Å². The summed E-state index contributed by atoms with van der Waals surface area (Å²) in [5.74, 6) is 0.480. The van der Waals surface area contributed by atoms with E-state index in [2.05, 4.69) is 15.5 Å². The maximum atomic E-state index is 12.5. The van der Waals surface area contributed by atoms with Crippen LogP contribution in [0, 0.1) is 0 Å². The summed E-state index contributed by atoms with van der Waals surface area (Å²) in [6, 6.07) is 15.9. The number of anilines is 1. The standard InChI is InChI=1S/C21H16Cl3N5O2/c22-15-6-4-14(5-7-15)12-28-11-9-19(27-28)25-21(30)17-8-10-29(26-17)13-31-18-3-1-2-16(23)20(18)24/h1-11H,12-13H2,(H,25,27,30). The third-order valence-electron chi connectivity index (χ3n) is 4.28. The second-order valence-corrected chi connectivity index (χ2v) is 7.77. The van der Waals surface area contributed by atoms with Crippen LogP contribution in [0.3, 0.4) is 0 Å². The van der Waals surface area contributed by atoms with E-state index in [-0.39, 0.29) is 18.3 Å². The molecule has 2 heterocycles. The lowest BCUT2D eigenvalue weighted by atomic mass is 10.2. The van der Waals surface area contributed by atoms with Crippen molar-refractivity contribution < 1.29 is 9.53 Å². The Morgan fingerprint density at radius 3 is 2.52 bits per heavy atom. The van der Waals surface area contributed by atoms with Gasteiger partial charge in [0.1, 0.15) is 10.8 Å². The maximum Gasteiger partial charge on any atom is 0.277 e. The molecule has 0 spiro atoms. The third kappa shape index (κ3) is 5.38. The number of nitrogens with zero attached hydrogens (tertiary/aromatic N) is 4. The van der Waals surface area contributed by atoms with Gasteiger partial charge >= 0.3 is 0 Å². The zero-order chi connectivity index (χ0) is 21.8. The van der Waals surface area contributed by atoms with Gasteiger partial charge in [0.05, 0.1) is 11.6 Å². The van der Waals surface area contributed by atoms with E-state index in [0.717, 1.165) is 5.56 Å². The van der Waals surface area contributed by atoms with Gasteiger partial charge in [-0.1, -0.05) is 53.0 Å². The van der Waals surface area contributed by atoms with Crippen LogP contribution in [-0.4, -0.2) is 25.5 Å². The molecular weight excluding hydrogens is 461 g/mol. The van der Waals surface area contributed by atoms with Crippen molar-refractivity contribution in [2.24, 2.45) is 0 Å². The summed E-state index contributed by atoms with van der Waals surface area (Å²) < 4.78 is 8.81. The third-order valence-corrected chi connectivity index (χ3v) is 5.34. The molecule has 0 unspecified atom stereocenters. The van der Waals surface area contributed by atoms with Crippen LogP contribution in [0.4, 0.5) is 5.82 Å². The summed E-state index contributed by atoms with van der Waals surface area (Å²) in [4.78, 5) is 12.5. The van der Waals surface area contributed by atoms with Crippen LogP contribution in [0.25, 0.3) is 0 Å². The number of halogens is 3. The van der Waals surface area contributed by atoms with E-state index in [1.165, 1.54) is 4.68 Å². The van der Waals surface area contributed by atoms with Crippen molar-refractivity contribution in [2.45, 2.75) is 13.3 Å². The Balaban J connectivity index is 1.34. The number of ether oxygens (including phenoxy) is 1. The van der Waals surface area contributed by atoms with Crippen molar-refractivity contribution >= 4 is 46.5 Å². The summed E-state index contributed by atoms with van der Waals surface area (Å²) in [6.07, 6.45) is 3.41. The highest BCUT2D eigenvalue weighted by Gasteiger charge is 2.12. The van der Waals surface area contributed by atoms with E-state index in [1.54, 1.807) is 47.4 Å². The number of hydrogen-bond donors (Lipinski definition) is 1. The monoisotopic (exact) mass is 475 g/mol. The van der Waals surface area contributed by atoms with Gasteiger partial charge in [-0.15, -0.1) is 0 Å². The molecule has 0 aliphatic heterocycles. The number of carbonyl (C=O) groups is 1. The van der Waals surface area contributed by atoms with Gasteiger partial charge in [0.25, 0.3) is 5.91 Å². The average molecular weight is 477 g/mol. The SMILES string of the molecule is O=C(Nc1ccn(Cc2ccc(Cl)cc2)n1)c1ccn(COc2cccc(Cl)c2Cl)n1. The Labute approximate surface area is 193 Å². The minimum absolute atomic E-state index is 0.0725. The van der Waals surface area contributed by atoms with Crippen LogP contribution in [0.15, 0.2) is 67.0 Å². The molecule has 0 fully saturated rings. The molecule has 0 saturated heterocycles. The Morgan fingerprint density at radius 1 is 0.935 bits per heavy atom. The van der Waals surface area contributed by atoms with Crippen molar-refractivity contribution in [2.75, 3.05) is 5.32 Å². The van der Waals surface area contributed by atoms with Crippen molar-refractivity contribution in [1.82, 2.24) is 19.6 Å². The molecule has 158 valence electrons. The number of carbonyl (C=O) groups excluding carboxylic acids is 1. The lowest BCUT2D eigenvalue weighted by molar-refractivity contribution is 0.101. The molecule has 1 amide bonds. The lowest BCUT2D eigenvalue weighted by Crippen LogP contribution is -2.15. The smallest absolute Gasteiger partial charge is 0.277 e. The zero-order valence-electron chi connectivity index (χ0n) is 16.0. The number of nitrogens with one attached hydrogen (secondary N) is 1. The van der Waals surface area contributed by atoms with E-state index < -0.39 is 0 Å². The van der Waals surface area contributed by atoms with Crippen LogP contribution >= 0.6 is 34.8 Å². The van der Waals surface area contributed by atoms with Crippen molar-refractivity contribution in [3.63, 3.8) is 0 Å². The summed E-state index contributed by atoms with van der Waals surface area (Å²) in [5, 5.41) is 12.7. The number of benzene rings is 2. The Kier molecular flexibility index (Phi) is 6.46. The molecule has 0 saturated carbocycles. The van der Waals surface area contributed by atoms with Crippen LogP contribution in [0.5, 0.6) is 5.75 Å². The molecule has 2 aromatic carbocycles. The van der Waals surface area contributed by atoms with Gasteiger partial charge in [-0.25, -0.2) is 4.68 Å². The molecule has 0 atom stereocenters. The van der Waals surface area contributed by atoms with Crippen molar-refractivity contribution in [1.29, 1.82) is 0 Å². The summed E-state index contributed by atoms with van der Waals surface area (Å²) in [6.45, 7) is 0.633. The quantitative estimate of drug-likeness (QED) is 0.389. The van der Waals surface area contributed by atoms with Crippen LogP contribution < -0.4 is 10.1 Å². The fourth-order valence-corrected chi connectivity index (χ4v) is 3.23. The second-order valence-electron chi connectivity index (χ2n) is 6.54. The van der Waals surface area contributed by atoms with Crippen LogP contribution in [0.2, 0.25) is 15.1 Å². The fraction of sp³-hybridized carbons (Fsp3) is 0.0952. The highest BCUT2D eigenvalue weighted by molar-refractivity contribution is 6.42. The molecule has 0 aliphatic rings. The Bertz CT molecular complexity index is 1200. The molecule has 0 aliphatic carbocycles. The highest BCUT2D eigenvalue weighted by atomic mass is 35.5. The molecule has 0 radical (unpaired) electrons. The first kappa shape index (κ1) is 21.2. The molecule has 0 bridgehead atoms. The number of rotatable bonds is 7. The number of aromatic nitrogens is 4. The minimum Gasteiger partial charge on any atom is -0.470 e. The predicted octanol–water partition coefficient (Wildman–Crippen LogP) is 5.38. The molecule has 2 aromatic heterocycles. The first-order valence-electron chi connectivity index (χ1n) is 9.17. The molecule has 1 N–H and O–H groups in total. The molecule has 31 heavy (non-hydrogen) atoms. The minimum atomic E-state index is -0.378. The van der Waals surface area contributed by atoms with Crippen molar-refractivity contribution in [3.05, 3.63) is 93.3 Å². The largest absolute Gasteiger partial charge is 0.470 e. The Hall–Kier alpha value is -3.00. The predicted molar refractivity (Wildman–Crippen MR) is 120 cm³/mol. The molecule has 7 nitrogen and oxygen atoms in total. The average Bonchev–Trinajstić information content (AvgIpc) is 3.40. The van der Waals surface area contributed by atoms with Gasteiger partial charge in [0.15, 0.2) is 18.2 Å². The van der Waals surface area contributed by atoms with Gasteiger partial charge < -0.3 is 10.1 Å². The summed E-state index contributed by atoms with van der Waals surface area (Å²) in [5.41, 5.74) is 1.27. The topological polar surface area (TPSA) is 74.0 Å². The van der Waals surface area contributed by atoms with E-state index in [4.69, 9.17) is 39.5 Å². The number of hydrogen-bond acceptors (Lipinski definition) is 4. The summed E-state index contributed by atoms with van der Waals surface area (Å²) in [7, 11) is 0. The first-order valence-corrected chi connectivity index (χ1v) is 10.3. The van der Waals surface area contributed by atoms with E-state index in [0.29, 0.717) is 33.2 Å². The Morgan fingerprint density at radius 2 is 1.71 bits per heavy atom. The maximum absolute atomic E-state index is 12.5. The lowest BCUT2D eigenvalue weighted by Gasteiger charge is -2.08. The van der Waals surface area contributed by atoms with E-state index in [9.17, 15) is 4.79 Å².